The second-order valence-electron chi connectivity index (χ2n) is 6.13. The van der Waals surface area contributed by atoms with E-state index in [9.17, 15) is 13.2 Å². The van der Waals surface area contributed by atoms with Crippen LogP contribution in [0.4, 0.5) is 0 Å². The number of aryl methyl sites for hydroxylation is 2. The van der Waals surface area contributed by atoms with Crippen molar-refractivity contribution in [2.24, 2.45) is 0 Å². The Balaban J connectivity index is 1.83. The van der Waals surface area contributed by atoms with Crippen molar-refractivity contribution < 1.29 is 13.2 Å². The molecule has 7 heteroatoms. The normalized spacial score (nSPS) is 16.9. The number of piperazine rings is 1. The second-order valence-corrected chi connectivity index (χ2v) is 8.11. The topological polar surface area (TPSA) is 73.5 Å². The zero-order valence-corrected chi connectivity index (χ0v) is 14.4. The van der Waals surface area contributed by atoms with Crippen molar-refractivity contribution in [2.75, 3.05) is 32.4 Å². The molecule has 6 nitrogen and oxygen atoms in total. The van der Waals surface area contributed by atoms with Gasteiger partial charge in [-0.2, -0.15) is 4.31 Å². The molecule has 1 aliphatic heterocycles. The van der Waals surface area contributed by atoms with E-state index in [0.717, 1.165) is 22.0 Å². The van der Waals surface area contributed by atoms with Gasteiger partial charge in [-0.05, 0) is 31.5 Å². The highest BCUT2D eigenvalue weighted by Gasteiger charge is 2.28. The highest BCUT2D eigenvalue weighted by molar-refractivity contribution is 7.88. The van der Waals surface area contributed by atoms with Gasteiger partial charge in [-0.1, -0.05) is 11.6 Å². The van der Waals surface area contributed by atoms with Crippen molar-refractivity contribution in [3.8, 4) is 0 Å². The van der Waals surface area contributed by atoms with Crippen molar-refractivity contribution in [3.63, 3.8) is 0 Å². The Kier molecular flexibility index (Phi) is 3.93. The van der Waals surface area contributed by atoms with E-state index >= 15 is 0 Å². The molecule has 1 aliphatic rings. The zero-order chi connectivity index (χ0) is 16.8. The summed E-state index contributed by atoms with van der Waals surface area (Å²) >= 11 is 0. The molecule has 0 radical (unpaired) electrons. The number of hydrogen-bond acceptors (Lipinski definition) is 3. The van der Waals surface area contributed by atoms with E-state index in [-0.39, 0.29) is 5.91 Å². The molecule has 1 saturated heterocycles. The van der Waals surface area contributed by atoms with E-state index in [2.05, 4.69) is 11.1 Å². The molecule has 2 aromatic rings. The van der Waals surface area contributed by atoms with E-state index < -0.39 is 10.0 Å². The number of nitrogens with zero attached hydrogens (tertiary/aromatic N) is 2. The lowest BCUT2D eigenvalue weighted by molar-refractivity contribution is 0.0692. The maximum atomic E-state index is 12.8. The standard InChI is InChI=1S/C16H21N3O3S/c1-11-4-5-14-13(10-11)12(2)15(17-14)16(20)18-6-8-19(9-7-18)23(3,21)22/h4-5,10,17H,6-9H2,1-3H3. The first-order valence-corrected chi connectivity index (χ1v) is 9.45. The Morgan fingerprint density at radius 2 is 1.78 bits per heavy atom. The van der Waals surface area contributed by atoms with Crippen LogP contribution in [0.15, 0.2) is 18.2 Å². The fourth-order valence-electron chi connectivity index (χ4n) is 3.04. The first kappa shape index (κ1) is 16.0. The number of benzene rings is 1. The molecule has 0 atom stereocenters. The Bertz CT molecular complexity index is 862. The first-order valence-electron chi connectivity index (χ1n) is 7.60. The minimum Gasteiger partial charge on any atom is -0.350 e. The lowest BCUT2D eigenvalue weighted by Gasteiger charge is -2.33. The Labute approximate surface area is 136 Å². The number of carbonyl (C=O) groups excluding carboxylic acids is 1. The van der Waals surface area contributed by atoms with Crippen LogP contribution in [0.1, 0.15) is 21.6 Å². The van der Waals surface area contributed by atoms with Gasteiger partial charge in [0.05, 0.1) is 6.26 Å². The second kappa shape index (κ2) is 5.65. The number of H-pyrrole nitrogens is 1. The quantitative estimate of drug-likeness (QED) is 0.904. The van der Waals surface area contributed by atoms with Crippen LogP contribution in [-0.4, -0.2) is 60.9 Å². The highest BCUT2D eigenvalue weighted by Crippen LogP contribution is 2.24. The van der Waals surface area contributed by atoms with E-state index in [1.165, 1.54) is 10.6 Å². The van der Waals surface area contributed by atoms with Gasteiger partial charge < -0.3 is 9.88 Å². The number of amides is 1. The van der Waals surface area contributed by atoms with Gasteiger partial charge in [0.25, 0.3) is 5.91 Å². The number of carbonyl (C=O) groups is 1. The molecular weight excluding hydrogens is 314 g/mol. The van der Waals surface area contributed by atoms with E-state index in [0.29, 0.717) is 31.9 Å². The third-order valence-electron chi connectivity index (χ3n) is 4.42. The average Bonchev–Trinajstić information content (AvgIpc) is 2.83. The summed E-state index contributed by atoms with van der Waals surface area (Å²) < 4.78 is 24.5. The summed E-state index contributed by atoms with van der Waals surface area (Å²) in [6, 6.07) is 6.06. The van der Waals surface area contributed by atoms with Crippen molar-refractivity contribution in [2.45, 2.75) is 13.8 Å². The third kappa shape index (κ3) is 2.98. The largest absolute Gasteiger partial charge is 0.350 e. The molecule has 1 N–H and O–H groups in total. The molecule has 0 unspecified atom stereocenters. The summed E-state index contributed by atoms with van der Waals surface area (Å²) in [5.41, 5.74) is 3.64. The predicted molar refractivity (Wildman–Crippen MR) is 90.1 cm³/mol. The van der Waals surface area contributed by atoms with Gasteiger partial charge in [0, 0.05) is 37.1 Å². The molecule has 1 amide bonds. The summed E-state index contributed by atoms with van der Waals surface area (Å²) in [5, 5.41) is 1.06. The number of aromatic amines is 1. The fourth-order valence-corrected chi connectivity index (χ4v) is 3.86. The van der Waals surface area contributed by atoms with Gasteiger partial charge in [-0.25, -0.2) is 8.42 Å². The fraction of sp³-hybridized carbons (Fsp3) is 0.438. The van der Waals surface area contributed by atoms with Crippen LogP contribution in [0.2, 0.25) is 0 Å². The lowest BCUT2D eigenvalue weighted by atomic mass is 10.1. The Hall–Kier alpha value is -1.86. The van der Waals surface area contributed by atoms with Crippen LogP contribution >= 0.6 is 0 Å². The minimum absolute atomic E-state index is 0.0653. The molecule has 0 spiro atoms. The summed E-state index contributed by atoms with van der Waals surface area (Å²) in [4.78, 5) is 17.7. The molecule has 1 aromatic carbocycles. The van der Waals surface area contributed by atoms with Crippen LogP contribution in [0, 0.1) is 13.8 Å². The maximum absolute atomic E-state index is 12.8. The van der Waals surface area contributed by atoms with Crippen molar-refractivity contribution in [1.82, 2.24) is 14.2 Å². The molecule has 3 rings (SSSR count). The van der Waals surface area contributed by atoms with Crippen molar-refractivity contribution in [3.05, 3.63) is 35.0 Å². The van der Waals surface area contributed by atoms with E-state index in [1.807, 2.05) is 26.0 Å². The molecule has 0 aliphatic carbocycles. The number of rotatable bonds is 2. The van der Waals surface area contributed by atoms with Gasteiger partial charge in [-0.3, -0.25) is 4.79 Å². The zero-order valence-electron chi connectivity index (χ0n) is 13.6. The van der Waals surface area contributed by atoms with Gasteiger partial charge in [0.15, 0.2) is 0 Å². The smallest absolute Gasteiger partial charge is 0.270 e. The first-order chi connectivity index (χ1) is 10.8. The highest BCUT2D eigenvalue weighted by atomic mass is 32.2. The minimum atomic E-state index is -3.19. The van der Waals surface area contributed by atoms with Crippen LogP contribution in [0.25, 0.3) is 10.9 Å². The van der Waals surface area contributed by atoms with Crippen molar-refractivity contribution >= 4 is 26.8 Å². The third-order valence-corrected chi connectivity index (χ3v) is 5.73. The summed E-state index contributed by atoms with van der Waals surface area (Å²) in [7, 11) is -3.19. The van der Waals surface area contributed by atoms with Gasteiger partial charge >= 0.3 is 0 Å². The summed E-state index contributed by atoms with van der Waals surface area (Å²) in [6.45, 7) is 5.50. The number of aromatic nitrogens is 1. The number of hydrogen-bond donors (Lipinski definition) is 1. The van der Waals surface area contributed by atoms with Crippen LogP contribution < -0.4 is 0 Å². The lowest BCUT2D eigenvalue weighted by Crippen LogP contribution is -2.50. The van der Waals surface area contributed by atoms with Crippen LogP contribution in [0.5, 0.6) is 0 Å². The Morgan fingerprint density at radius 1 is 1.13 bits per heavy atom. The van der Waals surface area contributed by atoms with Gasteiger partial charge in [0.1, 0.15) is 5.69 Å². The molecule has 1 fully saturated rings. The number of nitrogens with one attached hydrogen (secondary N) is 1. The molecule has 23 heavy (non-hydrogen) atoms. The summed E-state index contributed by atoms with van der Waals surface area (Å²) in [5.74, 6) is -0.0653. The van der Waals surface area contributed by atoms with Crippen molar-refractivity contribution in [1.29, 1.82) is 0 Å². The maximum Gasteiger partial charge on any atom is 0.270 e. The Morgan fingerprint density at radius 3 is 2.39 bits per heavy atom. The predicted octanol–water partition coefficient (Wildman–Crippen LogP) is 1.50. The molecule has 1 aromatic heterocycles. The van der Waals surface area contributed by atoms with Crippen LogP contribution in [0.3, 0.4) is 0 Å². The number of fused-ring (bicyclic) bond motifs is 1. The molecular formula is C16H21N3O3S. The summed E-state index contributed by atoms with van der Waals surface area (Å²) in [6.07, 6.45) is 1.20. The van der Waals surface area contributed by atoms with Gasteiger partial charge in [-0.15, -0.1) is 0 Å². The van der Waals surface area contributed by atoms with E-state index in [1.54, 1.807) is 4.90 Å². The molecule has 0 saturated carbocycles. The SMILES string of the molecule is Cc1ccc2[nH]c(C(=O)N3CCN(S(C)(=O)=O)CC3)c(C)c2c1. The number of sulfonamides is 1. The molecule has 2 heterocycles. The van der Waals surface area contributed by atoms with E-state index in [4.69, 9.17) is 0 Å². The van der Waals surface area contributed by atoms with Crippen LogP contribution in [-0.2, 0) is 10.0 Å². The monoisotopic (exact) mass is 335 g/mol. The molecule has 0 bridgehead atoms. The molecule has 124 valence electrons. The average molecular weight is 335 g/mol. The van der Waals surface area contributed by atoms with Gasteiger partial charge in [0.2, 0.25) is 10.0 Å².